The molecule has 0 aliphatic carbocycles. The topological polar surface area (TPSA) is 84.3 Å². The van der Waals surface area contributed by atoms with Gasteiger partial charge in [-0.3, -0.25) is 18.6 Å². The molecule has 6 rings (SSSR count). The van der Waals surface area contributed by atoms with Crippen LogP contribution in [0.2, 0.25) is 0 Å². The fourth-order valence-corrected chi connectivity index (χ4v) is 5.39. The molecule has 0 atom stereocenters. The van der Waals surface area contributed by atoms with E-state index in [4.69, 9.17) is 18.6 Å². The van der Waals surface area contributed by atoms with Crippen molar-refractivity contribution in [3.63, 3.8) is 0 Å². The second-order valence-corrected chi connectivity index (χ2v) is 9.50. The zero-order chi connectivity index (χ0) is 26.0. The average Bonchev–Trinajstić information content (AvgIpc) is 3.46. The lowest BCUT2D eigenvalue weighted by atomic mass is 10.0. The average molecular weight is 561 g/mol. The van der Waals surface area contributed by atoms with Gasteiger partial charge in [0.25, 0.3) is 5.56 Å². The molecular formula is C28H21BrN2O6. The van der Waals surface area contributed by atoms with E-state index in [0.29, 0.717) is 56.0 Å². The summed E-state index contributed by atoms with van der Waals surface area (Å²) in [5.74, 6) is 0.845. The van der Waals surface area contributed by atoms with Gasteiger partial charge in [0.2, 0.25) is 17.1 Å². The Labute approximate surface area is 218 Å². The van der Waals surface area contributed by atoms with Crippen molar-refractivity contribution in [2.45, 2.75) is 0 Å². The summed E-state index contributed by atoms with van der Waals surface area (Å²) in [6, 6.07) is 16.3. The molecule has 0 fully saturated rings. The molecule has 0 aliphatic heterocycles. The van der Waals surface area contributed by atoms with Crippen molar-refractivity contribution in [2.24, 2.45) is 7.05 Å². The Morgan fingerprint density at radius 1 is 0.892 bits per heavy atom. The van der Waals surface area contributed by atoms with Gasteiger partial charge in [-0.15, -0.1) is 0 Å². The molecule has 3 heterocycles. The smallest absolute Gasteiger partial charge is 0.297 e. The molecule has 0 saturated heterocycles. The molecule has 186 valence electrons. The number of halogens is 1. The first kappa shape index (κ1) is 23.2. The number of fused-ring (bicyclic) bond motifs is 7. The van der Waals surface area contributed by atoms with Crippen LogP contribution in [0, 0.1) is 0 Å². The maximum Gasteiger partial charge on any atom is 0.297 e. The SMILES string of the molecule is COc1cc(C(=O)c2c3ccccc3c3n(C)c(=O)c4oc5ccc(Br)cc5c4n23)cc(OC)c1OC. The number of carbonyl (C=O) groups excluding carboxylic acids is 1. The fraction of sp³-hybridized carbons (Fsp3) is 0.143. The zero-order valence-corrected chi connectivity index (χ0v) is 22.0. The van der Waals surface area contributed by atoms with E-state index in [-0.39, 0.29) is 16.9 Å². The van der Waals surface area contributed by atoms with Crippen molar-refractivity contribution >= 4 is 60.2 Å². The molecule has 37 heavy (non-hydrogen) atoms. The summed E-state index contributed by atoms with van der Waals surface area (Å²) in [5.41, 5.74) is 2.28. The number of methoxy groups -OCH3 is 3. The summed E-state index contributed by atoms with van der Waals surface area (Å²) < 4.78 is 26.6. The monoisotopic (exact) mass is 560 g/mol. The van der Waals surface area contributed by atoms with Crippen LogP contribution in [0.3, 0.4) is 0 Å². The van der Waals surface area contributed by atoms with Crippen molar-refractivity contribution in [2.75, 3.05) is 21.3 Å². The van der Waals surface area contributed by atoms with Gasteiger partial charge in [-0.25, -0.2) is 0 Å². The predicted octanol–water partition coefficient (Wildman–Crippen LogP) is 5.71. The molecule has 8 nitrogen and oxygen atoms in total. The van der Waals surface area contributed by atoms with Gasteiger partial charge in [0.15, 0.2) is 11.5 Å². The Kier molecular flexibility index (Phi) is 5.27. The molecule has 0 radical (unpaired) electrons. The molecular weight excluding hydrogens is 540 g/mol. The third kappa shape index (κ3) is 3.20. The summed E-state index contributed by atoms with van der Waals surface area (Å²) in [6.45, 7) is 0. The van der Waals surface area contributed by atoms with Gasteiger partial charge in [-0.2, -0.15) is 0 Å². The highest BCUT2D eigenvalue weighted by Gasteiger charge is 2.27. The van der Waals surface area contributed by atoms with E-state index in [2.05, 4.69) is 15.9 Å². The number of benzene rings is 3. The molecule has 9 heteroatoms. The summed E-state index contributed by atoms with van der Waals surface area (Å²) in [5, 5.41) is 2.18. The minimum atomic E-state index is -0.287. The Morgan fingerprint density at radius 2 is 1.57 bits per heavy atom. The number of furan rings is 1. The number of hydrogen-bond acceptors (Lipinski definition) is 6. The Balaban J connectivity index is 1.81. The molecule has 0 saturated carbocycles. The van der Waals surface area contributed by atoms with E-state index >= 15 is 0 Å². The third-order valence-corrected chi connectivity index (χ3v) is 7.16. The number of rotatable bonds is 5. The van der Waals surface area contributed by atoms with E-state index in [1.807, 2.05) is 40.8 Å². The normalized spacial score (nSPS) is 11.6. The Morgan fingerprint density at radius 3 is 2.22 bits per heavy atom. The lowest BCUT2D eigenvalue weighted by Crippen LogP contribution is -2.20. The lowest BCUT2D eigenvalue weighted by molar-refractivity contribution is 0.103. The van der Waals surface area contributed by atoms with Crippen molar-refractivity contribution < 1.29 is 23.4 Å². The van der Waals surface area contributed by atoms with E-state index < -0.39 is 0 Å². The molecule has 0 N–H and O–H groups in total. The van der Waals surface area contributed by atoms with Gasteiger partial charge in [0.1, 0.15) is 22.4 Å². The summed E-state index contributed by atoms with van der Waals surface area (Å²) in [6.07, 6.45) is 0. The highest BCUT2D eigenvalue weighted by Crippen LogP contribution is 2.40. The van der Waals surface area contributed by atoms with E-state index in [0.717, 1.165) is 9.86 Å². The molecule has 6 aromatic rings. The maximum atomic E-state index is 14.3. The van der Waals surface area contributed by atoms with E-state index in [9.17, 15) is 9.59 Å². The summed E-state index contributed by atoms with van der Waals surface area (Å²) in [7, 11) is 6.19. The quantitative estimate of drug-likeness (QED) is 0.251. The molecule has 0 spiro atoms. The van der Waals surface area contributed by atoms with Crippen molar-refractivity contribution in [1.29, 1.82) is 0 Å². The number of aromatic nitrogens is 2. The number of ketones is 1. The lowest BCUT2D eigenvalue weighted by Gasteiger charge is -2.14. The molecule has 3 aromatic carbocycles. The second-order valence-electron chi connectivity index (χ2n) is 8.58. The molecule has 0 aliphatic rings. The van der Waals surface area contributed by atoms with Crippen LogP contribution in [0.15, 0.2) is 68.3 Å². The van der Waals surface area contributed by atoms with E-state index in [1.54, 1.807) is 25.2 Å². The van der Waals surface area contributed by atoms with Crippen molar-refractivity contribution in [3.8, 4) is 17.2 Å². The van der Waals surface area contributed by atoms with Gasteiger partial charge < -0.3 is 18.6 Å². The predicted molar refractivity (Wildman–Crippen MR) is 145 cm³/mol. The molecule has 3 aromatic heterocycles. The number of ether oxygens (including phenoxy) is 3. The summed E-state index contributed by atoms with van der Waals surface area (Å²) >= 11 is 3.52. The minimum Gasteiger partial charge on any atom is -0.493 e. The summed E-state index contributed by atoms with van der Waals surface area (Å²) in [4.78, 5) is 27.8. The number of aryl methyl sites for hydroxylation is 1. The Bertz CT molecular complexity index is 1940. The number of nitrogens with zero attached hydrogens (tertiary/aromatic N) is 2. The first-order valence-electron chi connectivity index (χ1n) is 11.4. The van der Waals surface area contributed by atoms with Gasteiger partial charge >= 0.3 is 0 Å². The first-order chi connectivity index (χ1) is 17.9. The van der Waals surface area contributed by atoms with Crippen LogP contribution in [-0.2, 0) is 7.05 Å². The minimum absolute atomic E-state index is 0.169. The van der Waals surface area contributed by atoms with Gasteiger partial charge in [-0.05, 0) is 30.3 Å². The Hall–Kier alpha value is -4.24. The van der Waals surface area contributed by atoms with Crippen LogP contribution in [-0.4, -0.2) is 36.1 Å². The highest BCUT2D eigenvalue weighted by atomic mass is 79.9. The standard InChI is InChI=1S/C28H21BrN2O6/c1-30-27-17-8-6-5-7-16(17)22(24(32)14-11-20(34-2)25(36-4)21(12-14)35-3)31(27)23-18-13-15(29)9-10-19(18)37-26(23)28(30)33/h5-13H,1-4H3. The second kappa shape index (κ2) is 8.41. The van der Waals surface area contributed by atoms with Gasteiger partial charge in [0.05, 0.1) is 21.3 Å². The number of carbonyl (C=O) groups is 1. The van der Waals surface area contributed by atoms with Gasteiger partial charge in [0, 0.05) is 33.2 Å². The maximum absolute atomic E-state index is 14.3. The van der Waals surface area contributed by atoms with Crippen LogP contribution < -0.4 is 19.8 Å². The van der Waals surface area contributed by atoms with E-state index in [1.165, 1.54) is 25.9 Å². The molecule has 0 bridgehead atoms. The number of hydrogen-bond donors (Lipinski definition) is 0. The van der Waals surface area contributed by atoms with Crippen molar-refractivity contribution in [1.82, 2.24) is 8.97 Å². The largest absolute Gasteiger partial charge is 0.493 e. The van der Waals surface area contributed by atoms with Crippen LogP contribution in [0.5, 0.6) is 17.2 Å². The van der Waals surface area contributed by atoms with Crippen LogP contribution in [0.4, 0.5) is 0 Å². The molecule has 0 amide bonds. The third-order valence-electron chi connectivity index (χ3n) is 6.66. The van der Waals surface area contributed by atoms with Crippen LogP contribution in [0.25, 0.3) is 38.5 Å². The first-order valence-corrected chi connectivity index (χ1v) is 12.2. The van der Waals surface area contributed by atoms with Crippen LogP contribution in [0.1, 0.15) is 16.1 Å². The fourth-order valence-electron chi connectivity index (χ4n) is 5.02. The highest BCUT2D eigenvalue weighted by molar-refractivity contribution is 9.10. The van der Waals surface area contributed by atoms with Gasteiger partial charge in [-0.1, -0.05) is 40.2 Å². The van der Waals surface area contributed by atoms with Crippen molar-refractivity contribution in [3.05, 3.63) is 80.7 Å². The molecule has 0 unspecified atom stereocenters. The zero-order valence-electron chi connectivity index (χ0n) is 20.4. The van der Waals surface area contributed by atoms with Crippen LogP contribution >= 0.6 is 15.9 Å².